The molecule has 0 aliphatic carbocycles. The lowest BCUT2D eigenvalue weighted by molar-refractivity contribution is -0.135. The zero-order chi connectivity index (χ0) is 75.7. The van der Waals surface area contributed by atoms with Gasteiger partial charge in [-0.1, -0.05) is 69.2 Å². The highest BCUT2D eigenvalue weighted by atomic mass is 32.2. The summed E-state index contributed by atoms with van der Waals surface area (Å²) in [6.07, 6.45) is -11.2. The molecule has 4 aromatic heterocycles. The number of aryl methyl sites for hydroxylation is 1. The lowest BCUT2D eigenvalue weighted by Gasteiger charge is -2.30. The van der Waals surface area contributed by atoms with Crippen molar-refractivity contribution < 1.29 is 151 Å². The highest BCUT2D eigenvalue weighted by molar-refractivity contribution is 8.00. The van der Waals surface area contributed by atoms with E-state index in [1.807, 2.05) is 0 Å². The minimum atomic E-state index is -5.52. The third-order valence-electron chi connectivity index (χ3n) is 14.8. The van der Waals surface area contributed by atoms with Crippen LogP contribution in [0.25, 0.3) is 22.3 Å². The number of hydrogen-bond acceptors (Lipinski definition) is 32. The van der Waals surface area contributed by atoms with Gasteiger partial charge in [0.2, 0.25) is 0 Å². The number of aromatic nitrogens is 8. The molecule has 48 heteroatoms. The number of thioether (sulfide) groups is 1. The molecule has 100 heavy (non-hydrogen) atoms. The number of fused-ring (bicyclic) bond motifs is 2. The number of phosphoric ester groups is 6. The van der Waals surface area contributed by atoms with Gasteiger partial charge in [-0.25, -0.2) is 57.3 Å². The van der Waals surface area contributed by atoms with Crippen molar-refractivity contribution in [3.05, 3.63) is 31.0 Å². The number of Topliss-reactive ketones (excluding diaryl/α,β-unsaturated/α-hetero) is 4. The van der Waals surface area contributed by atoms with E-state index in [0.29, 0.717) is 24.1 Å². The van der Waals surface area contributed by atoms with Crippen molar-refractivity contribution in [2.24, 2.45) is 16.2 Å². The van der Waals surface area contributed by atoms with Crippen molar-refractivity contribution >= 4 is 110 Å². The lowest BCUT2D eigenvalue weighted by Crippen LogP contribution is -2.39. The lowest BCUT2D eigenvalue weighted by atomic mass is 9.83. The van der Waals surface area contributed by atoms with Crippen molar-refractivity contribution in [3.8, 4) is 0 Å². The maximum absolute atomic E-state index is 12.7. The Labute approximate surface area is 576 Å². The molecule has 0 amide bonds. The minimum absolute atomic E-state index is 0.00861. The Hall–Kier alpha value is -3.57. The molecule has 4 aromatic rings. The number of nitrogens with two attached hydrogens (primary N) is 1. The second-order valence-electron chi connectivity index (χ2n) is 26.5. The van der Waals surface area contributed by atoms with Gasteiger partial charge in [-0.05, 0) is 31.9 Å². The number of carbonyl (C=O) groups is 4. The smallest absolute Gasteiger partial charge is 0.386 e. The molecule has 2 aliphatic rings. The summed E-state index contributed by atoms with van der Waals surface area (Å²) >= 11 is 1.75. The molecule has 0 aromatic carbocycles. The summed E-state index contributed by atoms with van der Waals surface area (Å²) in [5, 5.41) is 42.9. The molecule has 2 aliphatic heterocycles. The number of ether oxygens (including phenoxy) is 2. The first kappa shape index (κ1) is 87.1. The highest BCUT2D eigenvalue weighted by Crippen LogP contribution is 2.63. The van der Waals surface area contributed by atoms with E-state index in [2.05, 4.69) is 68.3 Å². The SMILES string of the molecule is CC(C)(C)C(=O)CCCC(=O)C(O)C(C)(C)COP(=O)(O)OP(=O)(O)OCC1OC(n2cnc3c(N)ncnc32)C(O)C1OP(=O)(O)O.Cc1ncnc2c1ncn2C1OC(COP(=O)(O)OP(=O)(O)OCC(C)(C)C(O)C(=O)CCCC(=O)CCCSC(C)(C)C)C(OP(=O)(O)O)C1O. The number of nitrogens with zero attached hydrogens (tertiary/aromatic N) is 8. The van der Waals surface area contributed by atoms with Crippen LogP contribution in [0.5, 0.6) is 0 Å². The Morgan fingerprint density at radius 3 is 1.37 bits per heavy atom. The molecule has 14 unspecified atom stereocenters. The summed E-state index contributed by atoms with van der Waals surface area (Å²) < 4.78 is 124. The number of rotatable bonds is 38. The van der Waals surface area contributed by atoms with Crippen LogP contribution in [-0.4, -0.2) is 208 Å². The Balaban J connectivity index is 0.000000362. The Morgan fingerprint density at radius 1 is 0.560 bits per heavy atom. The molecular weight excluding hydrogens is 1480 g/mol. The molecular formula is C52H87N9O32P6S. The number of phosphoric acid groups is 6. The summed E-state index contributed by atoms with van der Waals surface area (Å²) in [5.74, 6) is -0.604. The van der Waals surface area contributed by atoms with E-state index >= 15 is 0 Å². The summed E-state index contributed by atoms with van der Waals surface area (Å²) in [7, 11) is -32.5. The van der Waals surface area contributed by atoms with Crippen LogP contribution in [0, 0.1) is 23.2 Å². The summed E-state index contributed by atoms with van der Waals surface area (Å²) in [6.45, 7) is 14.6. The largest absolute Gasteiger partial charge is 0.481 e. The van der Waals surface area contributed by atoms with Gasteiger partial charge >= 0.3 is 46.9 Å². The van der Waals surface area contributed by atoms with Gasteiger partial charge in [-0.3, -0.25) is 55.5 Å². The van der Waals surface area contributed by atoms with Gasteiger partial charge in [0.05, 0.1) is 44.8 Å². The normalized spacial score (nSPS) is 23.4. The van der Waals surface area contributed by atoms with Gasteiger partial charge in [-0.15, -0.1) is 0 Å². The Kier molecular flexibility index (Phi) is 30.3. The van der Waals surface area contributed by atoms with Crippen LogP contribution >= 0.6 is 58.7 Å². The van der Waals surface area contributed by atoms with Crippen LogP contribution in [0.4, 0.5) is 5.82 Å². The molecule has 14 N–H and O–H groups in total. The average Bonchev–Trinajstić information content (AvgIpc) is 1.62. The zero-order valence-electron chi connectivity index (χ0n) is 56.1. The first-order chi connectivity index (χ1) is 45.6. The number of hydrogen-bond donors (Lipinski definition) is 13. The average molecular weight is 1570 g/mol. The third-order valence-corrected chi connectivity index (χ3v) is 22.4. The molecule has 2 fully saturated rings. The Morgan fingerprint density at radius 2 is 0.950 bits per heavy atom. The number of anilines is 1. The Bertz CT molecular complexity index is 3800. The van der Waals surface area contributed by atoms with Crippen LogP contribution in [0.1, 0.15) is 139 Å². The molecule has 41 nitrogen and oxygen atoms in total. The molecule has 6 rings (SSSR count). The highest BCUT2D eigenvalue weighted by Gasteiger charge is 2.52. The monoisotopic (exact) mass is 1570 g/mol. The fourth-order valence-corrected chi connectivity index (χ4v) is 16.0. The predicted octanol–water partition coefficient (Wildman–Crippen LogP) is 4.27. The maximum atomic E-state index is 12.7. The molecule has 0 radical (unpaired) electrons. The van der Waals surface area contributed by atoms with Gasteiger partial charge in [0.1, 0.15) is 84.1 Å². The van der Waals surface area contributed by atoms with Gasteiger partial charge in [-0.2, -0.15) is 20.4 Å². The summed E-state index contributed by atoms with van der Waals surface area (Å²) in [5.41, 5.74) is 3.26. The van der Waals surface area contributed by atoms with Crippen molar-refractivity contribution in [1.29, 1.82) is 0 Å². The van der Waals surface area contributed by atoms with Crippen molar-refractivity contribution in [2.75, 3.05) is 37.9 Å². The fraction of sp³-hybridized carbons (Fsp3) is 0.731. The molecule has 0 spiro atoms. The fourth-order valence-electron chi connectivity index (χ4n) is 9.48. The quantitative estimate of drug-likeness (QED) is 0.0220. The number of aliphatic hydroxyl groups is 4. The minimum Gasteiger partial charge on any atom is -0.386 e. The zero-order valence-corrected chi connectivity index (χ0v) is 62.2. The van der Waals surface area contributed by atoms with Gasteiger partial charge < -0.3 is 74.8 Å². The molecule has 6 heterocycles. The molecule has 0 saturated carbocycles. The van der Waals surface area contributed by atoms with E-state index in [-0.39, 0.29) is 77.5 Å². The predicted molar refractivity (Wildman–Crippen MR) is 347 cm³/mol. The maximum Gasteiger partial charge on any atom is 0.481 e. The third kappa shape index (κ3) is 26.5. The van der Waals surface area contributed by atoms with E-state index in [1.54, 1.807) is 39.5 Å². The topological polar surface area (TPSA) is 619 Å². The van der Waals surface area contributed by atoms with Crippen LogP contribution in [-0.2, 0) is 91.8 Å². The van der Waals surface area contributed by atoms with Gasteiger partial charge in [0.25, 0.3) is 0 Å². The van der Waals surface area contributed by atoms with Crippen molar-refractivity contribution in [3.63, 3.8) is 0 Å². The van der Waals surface area contributed by atoms with E-state index in [1.165, 1.54) is 44.9 Å². The molecule has 2 saturated heterocycles. The van der Waals surface area contributed by atoms with E-state index in [0.717, 1.165) is 23.0 Å². The molecule has 0 bridgehead atoms. The van der Waals surface area contributed by atoms with Crippen LogP contribution < -0.4 is 5.73 Å². The summed E-state index contributed by atoms with van der Waals surface area (Å²) in [6, 6.07) is 0. The number of carbonyl (C=O) groups excluding carboxylic acids is 4. The number of ketones is 4. The molecule has 14 atom stereocenters. The molecule has 568 valence electrons. The number of nitrogen functional groups attached to an aromatic ring is 1. The van der Waals surface area contributed by atoms with E-state index in [4.69, 9.17) is 33.3 Å². The summed E-state index contributed by atoms with van der Waals surface area (Å²) in [4.78, 5) is 152. The standard InChI is InChI=1S/C28H47N4O16P3S.C24H40N5O16P3/c1-17-21-25(30-15-29-17)32(16-31-21)26-22(35)23(47-49(37,38)39)20(46-26)13-44-50(40,41)48-51(42,43)45-14-28(5,6)24(36)19(34)11-7-9-18(33)10-8-12-52-27(2,3)4;1-23(2,3)15(31)8-6-7-13(30)19(33)24(4,5)10-42-48(39,40)45-47(37,38)41-9-14-18(44-46(34,35)36)17(32)22(43-14)29-12-28-16-20(25)26-11-27-21(16)29/h15-16,20,22-24,26,35-36H,7-14H2,1-6H3,(H,40,41)(H,42,43)(H2,37,38,39);11-12,14,17-19,22,32-33H,6-10H2,1-5H3,(H,37,38)(H,39,40)(H2,25,26,27)(H2,34,35,36). The van der Waals surface area contributed by atoms with E-state index in [9.17, 15) is 106 Å². The van der Waals surface area contributed by atoms with Crippen LogP contribution in [0.3, 0.4) is 0 Å². The van der Waals surface area contributed by atoms with Crippen molar-refractivity contribution in [2.45, 2.75) is 194 Å². The van der Waals surface area contributed by atoms with Crippen LogP contribution in [0.2, 0.25) is 0 Å². The first-order valence-electron chi connectivity index (χ1n) is 30.3. The van der Waals surface area contributed by atoms with E-state index < -0.39 is 162 Å². The van der Waals surface area contributed by atoms with Gasteiger partial charge in [0, 0.05) is 53.1 Å². The second kappa shape index (κ2) is 34.8. The number of imidazole rings is 2. The van der Waals surface area contributed by atoms with Crippen molar-refractivity contribution in [1.82, 2.24) is 39.0 Å². The number of aliphatic hydroxyl groups excluding tert-OH is 4. The van der Waals surface area contributed by atoms with Crippen LogP contribution in [0.15, 0.2) is 25.3 Å². The second-order valence-corrected chi connectivity index (χ2v) is 36.9. The van der Waals surface area contributed by atoms with Gasteiger partial charge in [0.15, 0.2) is 41.1 Å². The first-order valence-corrected chi connectivity index (χ1v) is 40.3.